The molecule has 0 aliphatic carbocycles. The number of anilines is 1. The summed E-state index contributed by atoms with van der Waals surface area (Å²) in [5.74, 6) is -0.247. The Morgan fingerprint density at radius 1 is 1.03 bits per heavy atom. The number of nitrogens with one attached hydrogen (secondary N) is 1. The minimum atomic E-state index is -0.537. The number of fused-ring (bicyclic) bond motifs is 1. The molecule has 1 fully saturated rings. The van der Waals surface area contributed by atoms with Crippen LogP contribution < -0.4 is 5.32 Å². The number of carbonyl (C=O) groups excluding carboxylic acids is 3. The van der Waals surface area contributed by atoms with Crippen molar-refractivity contribution < 1.29 is 14.4 Å². The Balaban J connectivity index is 1.66. The molecular formula is C24H26ClN3O3. The van der Waals surface area contributed by atoms with Crippen LogP contribution in [0.1, 0.15) is 47.7 Å². The van der Waals surface area contributed by atoms with E-state index in [-0.39, 0.29) is 17.7 Å². The lowest BCUT2D eigenvalue weighted by Gasteiger charge is -2.38. The molecule has 0 unspecified atom stereocenters. The Morgan fingerprint density at radius 2 is 1.74 bits per heavy atom. The van der Waals surface area contributed by atoms with Crippen molar-refractivity contribution in [2.75, 3.05) is 18.4 Å². The van der Waals surface area contributed by atoms with Gasteiger partial charge in [0.25, 0.3) is 5.91 Å². The highest BCUT2D eigenvalue weighted by molar-refractivity contribution is 6.30. The van der Waals surface area contributed by atoms with Gasteiger partial charge in [-0.3, -0.25) is 14.4 Å². The second-order valence-electron chi connectivity index (χ2n) is 8.08. The fraction of sp³-hybridized carbons (Fsp3) is 0.375. The van der Waals surface area contributed by atoms with E-state index < -0.39 is 6.04 Å². The van der Waals surface area contributed by atoms with Crippen molar-refractivity contribution in [3.05, 3.63) is 64.2 Å². The summed E-state index contributed by atoms with van der Waals surface area (Å²) >= 11 is 5.98. The average molecular weight is 440 g/mol. The van der Waals surface area contributed by atoms with E-state index in [1.54, 1.807) is 36.1 Å². The molecule has 0 bridgehead atoms. The summed E-state index contributed by atoms with van der Waals surface area (Å²) < 4.78 is 0. The van der Waals surface area contributed by atoms with Crippen LogP contribution in [0.5, 0.6) is 0 Å². The van der Waals surface area contributed by atoms with Crippen molar-refractivity contribution in [3.63, 3.8) is 0 Å². The van der Waals surface area contributed by atoms with Gasteiger partial charge in [0.15, 0.2) is 0 Å². The van der Waals surface area contributed by atoms with E-state index in [0.29, 0.717) is 35.7 Å². The molecule has 31 heavy (non-hydrogen) atoms. The number of benzene rings is 2. The van der Waals surface area contributed by atoms with Gasteiger partial charge in [0.05, 0.1) is 0 Å². The maximum absolute atomic E-state index is 13.4. The third-order valence-corrected chi connectivity index (χ3v) is 6.25. The number of carbonyl (C=O) groups is 3. The summed E-state index contributed by atoms with van der Waals surface area (Å²) in [6, 6.07) is 11.9. The number of likely N-dealkylation sites (tertiary alicyclic amines) is 1. The number of halogens is 1. The first kappa shape index (κ1) is 21.4. The zero-order valence-corrected chi connectivity index (χ0v) is 18.3. The minimum absolute atomic E-state index is 0.00817. The standard InChI is InChI=1S/C24H26ClN3O3/c1-2-22(29)26-20-10-7-17-14-21(24(31)27-11-3-4-12-27)28(15-18(17)13-20)23(30)16-5-8-19(25)9-6-16/h5-10,13,21H,2-4,11-12,14-15H2,1H3,(H,26,29)/t21-/m0/s1. The van der Waals surface area contributed by atoms with Gasteiger partial charge < -0.3 is 15.1 Å². The maximum atomic E-state index is 13.4. The summed E-state index contributed by atoms with van der Waals surface area (Å²) in [7, 11) is 0. The van der Waals surface area contributed by atoms with Crippen LogP contribution in [0, 0.1) is 0 Å². The molecule has 1 saturated heterocycles. The quantitative estimate of drug-likeness (QED) is 0.786. The van der Waals surface area contributed by atoms with Crippen LogP contribution in [0.4, 0.5) is 5.69 Å². The van der Waals surface area contributed by atoms with Crippen LogP contribution in [-0.2, 0) is 22.6 Å². The van der Waals surface area contributed by atoms with E-state index in [4.69, 9.17) is 11.6 Å². The Kier molecular flexibility index (Phi) is 6.28. The van der Waals surface area contributed by atoms with Crippen molar-refractivity contribution >= 4 is 35.0 Å². The average Bonchev–Trinajstić information content (AvgIpc) is 3.32. The lowest BCUT2D eigenvalue weighted by molar-refractivity contribution is -0.135. The van der Waals surface area contributed by atoms with Gasteiger partial charge in [-0.2, -0.15) is 0 Å². The summed E-state index contributed by atoms with van der Waals surface area (Å²) in [5.41, 5.74) is 3.19. The molecule has 7 heteroatoms. The molecule has 1 N–H and O–H groups in total. The number of hydrogen-bond acceptors (Lipinski definition) is 3. The van der Waals surface area contributed by atoms with Crippen LogP contribution in [0.15, 0.2) is 42.5 Å². The van der Waals surface area contributed by atoms with E-state index in [0.717, 1.165) is 37.1 Å². The topological polar surface area (TPSA) is 69.7 Å². The summed E-state index contributed by atoms with van der Waals surface area (Å²) in [6.45, 7) is 3.60. The first-order valence-corrected chi connectivity index (χ1v) is 11.1. The van der Waals surface area contributed by atoms with Crippen molar-refractivity contribution in [1.29, 1.82) is 0 Å². The predicted molar refractivity (Wildman–Crippen MR) is 120 cm³/mol. The lowest BCUT2D eigenvalue weighted by Crippen LogP contribution is -2.53. The van der Waals surface area contributed by atoms with Crippen molar-refractivity contribution in [1.82, 2.24) is 9.80 Å². The van der Waals surface area contributed by atoms with E-state index in [1.807, 2.05) is 23.1 Å². The summed E-state index contributed by atoms with van der Waals surface area (Å²) in [5, 5.41) is 3.43. The highest BCUT2D eigenvalue weighted by Crippen LogP contribution is 2.29. The van der Waals surface area contributed by atoms with E-state index in [9.17, 15) is 14.4 Å². The molecule has 3 amide bonds. The van der Waals surface area contributed by atoms with Crippen LogP contribution in [0.2, 0.25) is 5.02 Å². The smallest absolute Gasteiger partial charge is 0.254 e. The Morgan fingerprint density at radius 3 is 2.42 bits per heavy atom. The molecule has 0 spiro atoms. The molecule has 0 radical (unpaired) electrons. The molecule has 2 aliphatic rings. The normalized spacial score (nSPS) is 17.9. The molecule has 1 atom stereocenters. The zero-order valence-electron chi connectivity index (χ0n) is 17.6. The largest absolute Gasteiger partial charge is 0.341 e. The lowest BCUT2D eigenvalue weighted by atomic mass is 9.92. The molecule has 0 aromatic heterocycles. The molecule has 4 rings (SSSR count). The van der Waals surface area contributed by atoms with Gasteiger partial charge in [0.1, 0.15) is 6.04 Å². The Bertz CT molecular complexity index is 1000. The second-order valence-corrected chi connectivity index (χ2v) is 8.51. The Hall–Kier alpha value is -2.86. The van der Waals surface area contributed by atoms with E-state index in [1.165, 1.54) is 0 Å². The van der Waals surface area contributed by atoms with Crippen molar-refractivity contribution in [2.45, 2.75) is 45.2 Å². The molecule has 2 aromatic carbocycles. The molecule has 6 nitrogen and oxygen atoms in total. The molecule has 2 aliphatic heterocycles. The number of rotatable bonds is 4. The number of amides is 3. The third-order valence-electron chi connectivity index (χ3n) is 6.00. The Labute approximate surface area is 187 Å². The van der Waals surface area contributed by atoms with Crippen molar-refractivity contribution in [2.24, 2.45) is 0 Å². The SMILES string of the molecule is CCC(=O)Nc1ccc2c(c1)CN(C(=O)c1ccc(Cl)cc1)[C@H](C(=O)N1CCCC1)C2. The van der Waals surface area contributed by atoms with Gasteiger partial charge in [-0.25, -0.2) is 0 Å². The van der Waals surface area contributed by atoms with Gasteiger partial charge in [0.2, 0.25) is 11.8 Å². The number of nitrogens with zero attached hydrogens (tertiary/aromatic N) is 2. The third kappa shape index (κ3) is 4.59. The molecular weight excluding hydrogens is 414 g/mol. The molecule has 2 aromatic rings. The molecule has 2 heterocycles. The fourth-order valence-electron chi connectivity index (χ4n) is 4.25. The van der Waals surface area contributed by atoms with Gasteiger partial charge >= 0.3 is 0 Å². The van der Waals surface area contributed by atoms with Gasteiger partial charge in [-0.05, 0) is 60.4 Å². The highest BCUT2D eigenvalue weighted by atomic mass is 35.5. The minimum Gasteiger partial charge on any atom is -0.341 e. The summed E-state index contributed by atoms with van der Waals surface area (Å²) in [4.78, 5) is 42.0. The van der Waals surface area contributed by atoms with Crippen molar-refractivity contribution in [3.8, 4) is 0 Å². The highest BCUT2D eigenvalue weighted by Gasteiger charge is 2.38. The summed E-state index contributed by atoms with van der Waals surface area (Å²) in [6.07, 6.45) is 2.86. The maximum Gasteiger partial charge on any atom is 0.254 e. The van der Waals surface area contributed by atoms with Gasteiger partial charge in [0, 0.05) is 48.7 Å². The van der Waals surface area contributed by atoms with E-state index in [2.05, 4.69) is 5.32 Å². The van der Waals surface area contributed by atoms with Gasteiger partial charge in [-0.15, -0.1) is 0 Å². The molecule has 162 valence electrons. The van der Waals surface area contributed by atoms with Crippen LogP contribution in [0.3, 0.4) is 0 Å². The van der Waals surface area contributed by atoms with Crippen LogP contribution >= 0.6 is 11.6 Å². The molecule has 0 saturated carbocycles. The first-order chi connectivity index (χ1) is 15.0. The monoisotopic (exact) mass is 439 g/mol. The predicted octanol–water partition coefficient (Wildman–Crippen LogP) is 3.88. The second kappa shape index (κ2) is 9.10. The van der Waals surface area contributed by atoms with Crippen LogP contribution in [-0.4, -0.2) is 46.7 Å². The fourth-order valence-corrected chi connectivity index (χ4v) is 4.38. The van der Waals surface area contributed by atoms with E-state index >= 15 is 0 Å². The zero-order chi connectivity index (χ0) is 22.0. The first-order valence-electron chi connectivity index (χ1n) is 10.7. The number of hydrogen-bond donors (Lipinski definition) is 1. The van der Waals surface area contributed by atoms with Crippen LogP contribution in [0.25, 0.3) is 0 Å². The van der Waals surface area contributed by atoms with Gasteiger partial charge in [-0.1, -0.05) is 24.6 Å².